The Hall–Kier alpha value is -1.13. The molecule has 2 heterocycles. The highest BCUT2D eigenvalue weighted by Gasteiger charge is 2.18. The van der Waals surface area contributed by atoms with Gasteiger partial charge >= 0.3 is 0 Å². The van der Waals surface area contributed by atoms with Crippen LogP contribution in [-0.4, -0.2) is 42.6 Å². The lowest BCUT2D eigenvalue weighted by atomic mass is 10.2. The van der Waals surface area contributed by atoms with Gasteiger partial charge in [-0.3, -0.25) is 4.90 Å². The fraction of sp³-hybridized carbons (Fsp3) is 0.615. The van der Waals surface area contributed by atoms with E-state index in [1.54, 1.807) is 0 Å². The highest BCUT2D eigenvalue weighted by molar-refractivity contribution is 5.37. The van der Waals surface area contributed by atoms with Gasteiger partial charge in [-0.05, 0) is 25.0 Å². The summed E-state index contributed by atoms with van der Waals surface area (Å²) in [6, 6.07) is 4.61. The molecule has 2 rings (SSSR count). The van der Waals surface area contributed by atoms with Gasteiger partial charge in [0.15, 0.2) is 0 Å². The summed E-state index contributed by atoms with van der Waals surface area (Å²) in [5.74, 6) is 1.04. The summed E-state index contributed by atoms with van der Waals surface area (Å²) in [4.78, 5) is 9.01. The van der Waals surface area contributed by atoms with E-state index < -0.39 is 0 Å². The number of pyridine rings is 1. The Kier molecular flexibility index (Phi) is 3.97. The molecule has 1 aliphatic rings. The van der Waals surface area contributed by atoms with Crippen molar-refractivity contribution in [3.05, 3.63) is 23.9 Å². The van der Waals surface area contributed by atoms with E-state index in [1.165, 1.54) is 5.56 Å². The molecule has 0 saturated carbocycles. The van der Waals surface area contributed by atoms with Gasteiger partial charge in [0.2, 0.25) is 0 Å². The molecule has 4 heteroatoms. The molecule has 0 bridgehead atoms. The second kappa shape index (κ2) is 5.47. The lowest BCUT2D eigenvalue weighted by Crippen LogP contribution is -2.26. The van der Waals surface area contributed by atoms with Crippen LogP contribution in [0.1, 0.15) is 18.9 Å². The molecule has 1 fully saturated rings. The number of aromatic nitrogens is 1. The van der Waals surface area contributed by atoms with Crippen LogP contribution in [0, 0.1) is 0 Å². The number of nitrogens with zero attached hydrogens (tertiary/aromatic N) is 3. The van der Waals surface area contributed by atoms with Gasteiger partial charge in [0.1, 0.15) is 5.82 Å². The number of hydrogen-bond acceptors (Lipinski definition) is 4. The van der Waals surface area contributed by atoms with Crippen molar-refractivity contribution >= 4 is 5.82 Å². The lowest BCUT2D eigenvalue weighted by Gasteiger charge is -2.17. The monoisotopic (exact) mass is 234 g/mol. The van der Waals surface area contributed by atoms with Crippen LogP contribution in [0.3, 0.4) is 0 Å². The summed E-state index contributed by atoms with van der Waals surface area (Å²) in [7, 11) is 2.06. The van der Waals surface area contributed by atoms with Gasteiger partial charge in [-0.1, -0.05) is 6.07 Å². The zero-order valence-electron chi connectivity index (χ0n) is 10.8. The maximum Gasteiger partial charge on any atom is 0.128 e. The fourth-order valence-corrected chi connectivity index (χ4v) is 2.16. The van der Waals surface area contributed by atoms with Crippen LogP contribution in [-0.2, 0) is 6.54 Å². The minimum absolute atomic E-state index is 0.355. The van der Waals surface area contributed by atoms with Gasteiger partial charge in [-0.15, -0.1) is 0 Å². The highest BCUT2D eigenvalue weighted by Crippen LogP contribution is 2.14. The van der Waals surface area contributed by atoms with Crippen molar-refractivity contribution < 1.29 is 0 Å². The molecule has 0 spiro atoms. The summed E-state index contributed by atoms with van der Waals surface area (Å²) < 4.78 is 0. The summed E-state index contributed by atoms with van der Waals surface area (Å²) in [5, 5.41) is 0. The Morgan fingerprint density at radius 1 is 1.53 bits per heavy atom. The van der Waals surface area contributed by atoms with Gasteiger partial charge in [-0.2, -0.15) is 0 Å². The predicted octanol–water partition coefficient (Wildman–Crippen LogP) is 1.07. The summed E-state index contributed by atoms with van der Waals surface area (Å²) >= 11 is 0. The first-order valence-corrected chi connectivity index (χ1v) is 6.33. The zero-order chi connectivity index (χ0) is 12.3. The van der Waals surface area contributed by atoms with Gasteiger partial charge in [0.25, 0.3) is 0 Å². The van der Waals surface area contributed by atoms with Crippen molar-refractivity contribution in [3.8, 4) is 0 Å². The van der Waals surface area contributed by atoms with E-state index >= 15 is 0 Å². The average Bonchev–Trinajstić information content (AvgIpc) is 2.75. The summed E-state index contributed by atoms with van der Waals surface area (Å²) in [6.45, 7) is 6.19. The molecule has 94 valence electrons. The first kappa shape index (κ1) is 12.3. The standard InChI is InChI=1S/C13H22N4/c1-3-16(2)13-5-4-11(8-15-13)9-17-7-6-12(14)10-17/h4-5,8,12H,3,6-7,9-10,14H2,1-2H3/t12-/m1/s1. The lowest BCUT2D eigenvalue weighted by molar-refractivity contribution is 0.326. The quantitative estimate of drug-likeness (QED) is 0.846. The van der Waals surface area contributed by atoms with Crippen LogP contribution in [0.15, 0.2) is 18.3 Å². The Bertz CT molecular complexity index is 349. The molecule has 2 N–H and O–H groups in total. The highest BCUT2D eigenvalue weighted by atomic mass is 15.2. The summed E-state index contributed by atoms with van der Waals surface area (Å²) in [6.07, 6.45) is 3.09. The van der Waals surface area contributed by atoms with E-state index in [0.29, 0.717) is 6.04 Å². The summed E-state index contributed by atoms with van der Waals surface area (Å²) in [5.41, 5.74) is 7.17. The number of rotatable bonds is 4. The molecule has 1 atom stereocenters. The van der Waals surface area contributed by atoms with Crippen molar-refractivity contribution in [2.24, 2.45) is 5.73 Å². The van der Waals surface area contributed by atoms with Crippen LogP contribution < -0.4 is 10.6 Å². The van der Waals surface area contributed by atoms with E-state index in [9.17, 15) is 0 Å². The number of likely N-dealkylation sites (tertiary alicyclic amines) is 1. The van der Waals surface area contributed by atoms with Crippen molar-refractivity contribution in [2.75, 3.05) is 31.6 Å². The van der Waals surface area contributed by atoms with Crippen LogP contribution in [0.4, 0.5) is 5.82 Å². The molecule has 1 saturated heterocycles. The number of hydrogen-bond donors (Lipinski definition) is 1. The molecular weight excluding hydrogens is 212 g/mol. The molecular formula is C13H22N4. The Balaban J connectivity index is 1.94. The Morgan fingerprint density at radius 2 is 2.35 bits per heavy atom. The Morgan fingerprint density at radius 3 is 2.88 bits per heavy atom. The maximum atomic E-state index is 5.90. The molecule has 1 aromatic rings. The van der Waals surface area contributed by atoms with E-state index in [4.69, 9.17) is 5.73 Å². The SMILES string of the molecule is CCN(C)c1ccc(CN2CC[C@@H](N)C2)cn1. The molecule has 1 aromatic heterocycles. The first-order valence-electron chi connectivity index (χ1n) is 6.33. The van der Waals surface area contributed by atoms with Gasteiger partial charge < -0.3 is 10.6 Å². The van der Waals surface area contributed by atoms with Crippen molar-refractivity contribution in [1.82, 2.24) is 9.88 Å². The fourth-order valence-electron chi connectivity index (χ4n) is 2.16. The van der Waals surface area contributed by atoms with Crippen LogP contribution in [0.2, 0.25) is 0 Å². The van der Waals surface area contributed by atoms with Crippen molar-refractivity contribution in [2.45, 2.75) is 25.9 Å². The smallest absolute Gasteiger partial charge is 0.128 e. The van der Waals surface area contributed by atoms with Crippen LogP contribution in [0.25, 0.3) is 0 Å². The zero-order valence-corrected chi connectivity index (χ0v) is 10.8. The number of anilines is 1. The molecule has 0 aromatic carbocycles. The second-order valence-electron chi connectivity index (χ2n) is 4.82. The third-order valence-corrected chi connectivity index (χ3v) is 3.39. The second-order valence-corrected chi connectivity index (χ2v) is 4.82. The van der Waals surface area contributed by atoms with E-state index in [2.05, 4.69) is 40.9 Å². The van der Waals surface area contributed by atoms with Gasteiger partial charge in [0.05, 0.1) is 0 Å². The van der Waals surface area contributed by atoms with Crippen LogP contribution in [0.5, 0.6) is 0 Å². The largest absolute Gasteiger partial charge is 0.360 e. The molecule has 0 unspecified atom stereocenters. The van der Waals surface area contributed by atoms with Gasteiger partial charge in [-0.25, -0.2) is 4.98 Å². The molecule has 17 heavy (non-hydrogen) atoms. The van der Waals surface area contributed by atoms with E-state index in [1.807, 2.05) is 6.20 Å². The third-order valence-electron chi connectivity index (χ3n) is 3.39. The molecule has 0 aliphatic carbocycles. The molecule has 4 nitrogen and oxygen atoms in total. The first-order chi connectivity index (χ1) is 8.19. The maximum absolute atomic E-state index is 5.90. The minimum atomic E-state index is 0.355. The Labute approximate surface area is 103 Å². The molecule has 0 amide bonds. The number of nitrogens with two attached hydrogens (primary N) is 1. The van der Waals surface area contributed by atoms with Crippen LogP contribution >= 0.6 is 0 Å². The van der Waals surface area contributed by atoms with E-state index in [-0.39, 0.29) is 0 Å². The van der Waals surface area contributed by atoms with Crippen molar-refractivity contribution in [3.63, 3.8) is 0 Å². The normalized spacial score (nSPS) is 20.8. The average molecular weight is 234 g/mol. The van der Waals surface area contributed by atoms with Gasteiger partial charge in [0, 0.05) is 45.5 Å². The molecule has 0 radical (unpaired) electrons. The third kappa shape index (κ3) is 3.17. The molecule has 1 aliphatic heterocycles. The van der Waals surface area contributed by atoms with E-state index in [0.717, 1.165) is 38.4 Å². The predicted molar refractivity (Wildman–Crippen MR) is 71.1 cm³/mol. The topological polar surface area (TPSA) is 45.4 Å². The van der Waals surface area contributed by atoms with Crippen molar-refractivity contribution in [1.29, 1.82) is 0 Å². The minimum Gasteiger partial charge on any atom is -0.360 e.